The minimum atomic E-state index is -2.19. The van der Waals surface area contributed by atoms with Crippen molar-refractivity contribution in [2.45, 2.75) is 287 Å². The van der Waals surface area contributed by atoms with Gasteiger partial charge in [0.2, 0.25) is 17.7 Å². The summed E-state index contributed by atoms with van der Waals surface area (Å²) < 4.78 is 89.2. The SMILES string of the molecule is CC(=O)N[C@@H]1[C@@H](O[C@@H]2O[C@H](CO)[C@@H](O[C@@H]3O[C@H](CO)[C@H](O)[C@H](O)[C@H]3O[C@@H]3O[C@@H](C)[C@@H](O)[C@@H](O)[C@@H]3O)[C@H](O)[C@H]2NC(C)=O)[C@@H](O)[C@@H](CO[C@@H]2O[C@H](CO)[C@@H](O[C@@H]3O[C@H](CO)[C@H](O)[C@H](O)[C@H]3O[C@@H]3O[C@@H](C)[C@@H](O)[C@@H](O)[C@@H]3O)[C@H](O[C@@H]3O[C@@H](C)[C@@H](O)[C@@H](O)[C@@H]3O)[C@H]2NC(C)=O)O[C@@H]1O. The molecule has 0 aliphatic carbocycles. The molecule has 0 spiro atoms. The first-order valence-electron chi connectivity index (χ1n) is 30.7. The summed E-state index contributed by atoms with van der Waals surface area (Å²) in [6.45, 7) is 1.73. The van der Waals surface area contributed by atoms with Crippen molar-refractivity contribution in [1.82, 2.24) is 16.0 Å². The van der Waals surface area contributed by atoms with E-state index >= 15 is 0 Å². The molecule has 41 nitrogen and oxygen atoms in total. The van der Waals surface area contributed by atoms with E-state index < -0.39 is 296 Å². The van der Waals surface area contributed by atoms with E-state index in [1.165, 1.54) is 20.8 Å². The summed E-state index contributed by atoms with van der Waals surface area (Å²) >= 11 is 0. The zero-order chi connectivity index (χ0) is 70.1. The predicted molar refractivity (Wildman–Crippen MR) is 295 cm³/mol. The van der Waals surface area contributed by atoms with Gasteiger partial charge in [0.15, 0.2) is 50.3 Å². The van der Waals surface area contributed by atoms with Crippen LogP contribution in [0.1, 0.15) is 41.5 Å². The Morgan fingerprint density at radius 1 is 0.295 bits per heavy atom. The van der Waals surface area contributed by atoms with Gasteiger partial charge in [-0.1, -0.05) is 0 Å². The first-order chi connectivity index (χ1) is 44.8. The van der Waals surface area contributed by atoms with Crippen LogP contribution in [0, 0.1) is 0 Å². The van der Waals surface area contributed by atoms with Crippen LogP contribution >= 0.6 is 0 Å². The van der Waals surface area contributed by atoms with Gasteiger partial charge < -0.3 is 189 Å². The van der Waals surface area contributed by atoms with Gasteiger partial charge in [0.1, 0.15) is 177 Å². The Hall–Kier alpha value is -2.99. The molecule has 3 amide bonds. The number of ether oxygens (including phenoxy) is 15. The van der Waals surface area contributed by atoms with Crippen LogP contribution in [-0.2, 0) is 85.4 Å². The lowest BCUT2D eigenvalue weighted by molar-refractivity contribution is -0.394. The molecule has 8 heterocycles. The van der Waals surface area contributed by atoms with E-state index in [1.54, 1.807) is 0 Å². The summed E-state index contributed by atoms with van der Waals surface area (Å²) in [7, 11) is 0. The van der Waals surface area contributed by atoms with Crippen molar-refractivity contribution in [2.75, 3.05) is 33.0 Å². The quantitative estimate of drug-likeness (QED) is 0.0479. The normalized spacial score (nSPS) is 50.7. The number of aliphatic hydroxyl groups excluding tert-OH is 20. The van der Waals surface area contributed by atoms with Crippen molar-refractivity contribution in [2.24, 2.45) is 0 Å². The smallest absolute Gasteiger partial charge is 0.217 e. The molecule has 8 rings (SSSR count). The molecule has 41 heteroatoms. The fourth-order valence-corrected chi connectivity index (χ4v) is 12.4. The lowest BCUT2D eigenvalue weighted by Crippen LogP contribution is -2.71. The van der Waals surface area contributed by atoms with Gasteiger partial charge in [-0.05, 0) is 20.8 Å². The number of carbonyl (C=O) groups is 3. The molecule has 550 valence electrons. The van der Waals surface area contributed by atoms with Crippen LogP contribution in [0.4, 0.5) is 0 Å². The molecule has 0 saturated carbocycles. The zero-order valence-electron chi connectivity index (χ0n) is 51.9. The third kappa shape index (κ3) is 17.0. The van der Waals surface area contributed by atoms with Gasteiger partial charge in [0, 0.05) is 20.8 Å². The number of hydrogen-bond acceptors (Lipinski definition) is 38. The Balaban J connectivity index is 1.07. The molecular formula is C54H91N3O38. The van der Waals surface area contributed by atoms with Gasteiger partial charge in [0.25, 0.3) is 0 Å². The molecule has 8 saturated heterocycles. The van der Waals surface area contributed by atoms with Crippen molar-refractivity contribution in [1.29, 1.82) is 0 Å². The number of rotatable bonds is 22. The molecule has 40 atom stereocenters. The number of carbonyl (C=O) groups excluding carboxylic acids is 3. The molecule has 0 aromatic heterocycles. The molecule has 95 heavy (non-hydrogen) atoms. The van der Waals surface area contributed by atoms with Crippen molar-refractivity contribution >= 4 is 17.7 Å². The summed E-state index contributed by atoms with van der Waals surface area (Å²) in [5, 5.41) is 227. The highest BCUT2D eigenvalue weighted by atomic mass is 16.8. The van der Waals surface area contributed by atoms with Crippen molar-refractivity contribution in [3.8, 4) is 0 Å². The molecule has 8 aliphatic heterocycles. The topological polar surface area (TPSA) is 630 Å². The summed E-state index contributed by atoms with van der Waals surface area (Å²) in [5.41, 5.74) is 0. The Morgan fingerprint density at radius 3 is 1.06 bits per heavy atom. The van der Waals surface area contributed by atoms with Crippen LogP contribution in [0.15, 0.2) is 0 Å². The van der Waals surface area contributed by atoms with E-state index in [2.05, 4.69) is 16.0 Å². The molecule has 8 fully saturated rings. The van der Waals surface area contributed by atoms with Crippen molar-refractivity contribution in [3.63, 3.8) is 0 Å². The fourth-order valence-electron chi connectivity index (χ4n) is 12.4. The average Bonchev–Trinajstić information content (AvgIpc) is 0.777. The third-order valence-corrected chi connectivity index (χ3v) is 17.7. The van der Waals surface area contributed by atoms with Crippen LogP contribution in [-0.4, -0.2) is 398 Å². The third-order valence-electron chi connectivity index (χ3n) is 17.7. The largest absolute Gasteiger partial charge is 0.394 e. The fraction of sp³-hybridized carbons (Fsp3) is 0.944. The van der Waals surface area contributed by atoms with Gasteiger partial charge in [-0.25, -0.2) is 0 Å². The maximum atomic E-state index is 13.3. The van der Waals surface area contributed by atoms with E-state index in [4.69, 9.17) is 71.1 Å². The van der Waals surface area contributed by atoms with Crippen LogP contribution in [0.3, 0.4) is 0 Å². The van der Waals surface area contributed by atoms with Crippen LogP contribution < -0.4 is 16.0 Å². The second-order valence-electron chi connectivity index (χ2n) is 24.6. The first kappa shape index (κ1) is 77.7. The van der Waals surface area contributed by atoms with Gasteiger partial charge in [0.05, 0.1) is 51.3 Å². The standard InChI is InChI=1S/C54H91N3O38/c1-12-26(65)33(72)38(77)50(82-12)93-44-25(57-17(6)64)48(88-21(10-61)42(44)91-54-46(37(76)30(69)19(8-59)87-54)95-52-40(79)35(74)28(67)14(3)84-52)81-11-22-31(70)43(24(47(80)85-22)56-16(5)63)92-49-23(55-15(4)62)32(71)41(20(9-60)89-49)90-53-45(36(75)29(68)18(7-58)86-53)94-51-39(78)34(73)27(66)13(2)83-51/h12-14,18-54,58-61,65-80H,7-11H2,1-6H3,(H,55,62)(H,56,63)(H,57,64)/t12-,13-,14-,18+,19+,20+,21+,22+,23+,24+,25+,26+,27+,28+,29-,30-,31-,32+,33+,34+,35+,36-,37-,38-,39-,40-,41+,42+,43+,44+,45+,46+,47-,48+,49-,50-,51-,52-,53-,54-/m0/s1. The van der Waals surface area contributed by atoms with Crippen molar-refractivity contribution < 1.29 is 188 Å². The van der Waals surface area contributed by atoms with Gasteiger partial charge in [-0.3, -0.25) is 14.4 Å². The highest BCUT2D eigenvalue weighted by Gasteiger charge is 2.60. The highest BCUT2D eigenvalue weighted by Crippen LogP contribution is 2.39. The maximum absolute atomic E-state index is 13.3. The Morgan fingerprint density at radius 2 is 0.642 bits per heavy atom. The molecule has 0 unspecified atom stereocenters. The number of hydrogen-bond donors (Lipinski definition) is 23. The maximum Gasteiger partial charge on any atom is 0.217 e. The Bertz CT molecular complexity index is 2460. The van der Waals surface area contributed by atoms with Gasteiger partial charge in [-0.2, -0.15) is 0 Å². The number of nitrogens with one attached hydrogen (secondary N) is 3. The Kier molecular flexibility index (Phi) is 27.2. The summed E-state index contributed by atoms with van der Waals surface area (Å²) in [6.07, 6.45) is -69.5. The van der Waals surface area contributed by atoms with Gasteiger partial charge in [-0.15, -0.1) is 0 Å². The predicted octanol–water partition coefficient (Wildman–Crippen LogP) is -14.9. The lowest BCUT2D eigenvalue weighted by Gasteiger charge is -2.51. The van der Waals surface area contributed by atoms with E-state index in [1.807, 2.05) is 0 Å². The van der Waals surface area contributed by atoms with E-state index in [9.17, 15) is 117 Å². The summed E-state index contributed by atoms with van der Waals surface area (Å²) in [6, 6.07) is -5.48. The van der Waals surface area contributed by atoms with Gasteiger partial charge >= 0.3 is 0 Å². The molecule has 0 aromatic carbocycles. The lowest BCUT2D eigenvalue weighted by atomic mass is 9.93. The molecule has 0 bridgehead atoms. The highest BCUT2D eigenvalue weighted by molar-refractivity contribution is 5.74. The van der Waals surface area contributed by atoms with Crippen LogP contribution in [0.2, 0.25) is 0 Å². The second-order valence-corrected chi connectivity index (χ2v) is 24.6. The van der Waals surface area contributed by atoms with Crippen molar-refractivity contribution in [3.05, 3.63) is 0 Å². The number of amides is 3. The summed E-state index contributed by atoms with van der Waals surface area (Å²) in [4.78, 5) is 39.0. The first-order valence-corrected chi connectivity index (χ1v) is 30.7. The molecule has 0 radical (unpaired) electrons. The monoisotopic (exact) mass is 1390 g/mol. The molecule has 23 N–H and O–H groups in total. The average molecular weight is 1390 g/mol. The van der Waals surface area contributed by atoms with E-state index in [-0.39, 0.29) is 0 Å². The molecule has 8 aliphatic rings. The molecular weight excluding hydrogens is 1300 g/mol. The zero-order valence-corrected chi connectivity index (χ0v) is 51.9. The number of aliphatic hydroxyl groups is 20. The Labute approximate surface area is 540 Å². The minimum absolute atomic E-state index is 0.862. The summed E-state index contributed by atoms with van der Waals surface area (Å²) in [5.74, 6) is -2.65. The second kappa shape index (κ2) is 33.2. The van der Waals surface area contributed by atoms with E-state index in [0.717, 1.165) is 20.8 Å². The van der Waals surface area contributed by atoms with Crippen LogP contribution in [0.5, 0.6) is 0 Å². The minimum Gasteiger partial charge on any atom is -0.394 e. The van der Waals surface area contributed by atoms with E-state index in [0.29, 0.717) is 0 Å². The molecule has 0 aromatic rings. The van der Waals surface area contributed by atoms with Crippen LogP contribution in [0.25, 0.3) is 0 Å².